The van der Waals surface area contributed by atoms with Crippen LogP contribution in [-0.4, -0.2) is 36.0 Å². The van der Waals surface area contributed by atoms with Gasteiger partial charge < -0.3 is 4.74 Å². The maximum absolute atomic E-state index is 12.4. The number of esters is 1. The van der Waals surface area contributed by atoms with E-state index in [1.165, 1.54) is 18.2 Å². The predicted octanol–water partition coefficient (Wildman–Crippen LogP) is 3.98. The van der Waals surface area contributed by atoms with E-state index in [1.54, 1.807) is 11.8 Å². The first kappa shape index (κ1) is 18.6. The lowest BCUT2D eigenvalue weighted by molar-refractivity contribution is -0.147. The maximum atomic E-state index is 12.4. The molecule has 3 nitrogen and oxygen atoms in total. The lowest BCUT2D eigenvalue weighted by atomic mass is 10.1. The minimum atomic E-state index is -0.233. The Hall–Kier alpha value is -1.78. The van der Waals surface area contributed by atoms with Gasteiger partial charge >= 0.3 is 5.97 Å². The molecule has 0 amide bonds. The summed E-state index contributed by atoms with van der Waals surface area (Å²) in [6, 6.07) is 20.3. The summed E-state index contributed by atoms with van der Waals surface area (Å²) in [7, 11) is 1.47. The lowest BCUT2D eigenvalue weighted by Crippen LogP contribution is -2.41. The molecule has 2 aromatic carbocycles. The molecule has 0 saturated carbocycles. The number of hydrogen-bond acceptors (Lipinski definition) is 4. The van der Waals surface area contributed by atoms with Crippen LogP contribution < -0.4 is 0 Å². The zero-order valence-corrected chi connectivity index (χ0v) is 15.2. The van der Waals surface area contributed by atoms with Gasteiger partial charge in [-0.15, -0.1) is 0 Å². The molecule has 24 heavy (non-hydrogen) atoms. The predicted molar refractivity (Wildman–Crippen MR) is 101 cm³/mol. The molecule has 128 valence electrons. The first-order chi connectivity index (χ1) is 11.7. The highest BCUT2D eigenvalue weighted by molar-refractivity contribution is 7.98. The molecule has 2 aromatic rings. The first-order valence-electron chi connectivity index (χ1n) is 8.13. The van der Waals surface area contributed by atoms with Crippen LogP contribution in [0.25, 0.3) is 0 Å². The highest BCUT2D eigenvalue weighted by atomic mass is 32.2. The Kier molecular flexibility index (Phi) is 7.86. The van der Waals surface area contributed by atoms with Crippen LogP contribution in [0.15, 0.2) is 60.7 Å². The highest BCUT2D eigenvalue weighted by Crippen LogP contribution is 2.18. The highest BCUT2D eigenvalue weighted by Gasteiger charge is 2.26. The van der Waals surface area contributed by atoms with Crippen molar-refractivity contribution in [1.82, 2.24) is 4.90 Å². The number of benzene rings is 2. The van der Waals surface area contributed by atoms with Crippen molar-refractivity contribution in [2.45, 2.75) is 25.6 Å². The molecule has 0 aromatic heterocycles. The topological polar surface area (TPSA) is 29.5 Å². The number of rotatable bonds is 9. The van der Waals surface area contributed by atoms with Crippen LogP contribution >= 0.6 is 11.8 Å². The van der Waals surface area contributed by atoms with E-state index in [2.05, 4.69) is 35.4 Å². The molecular formula is C20H25NO2S. The third kappa shape index (κ3) is 5.69. The van der Waals surface area contributed by atoms with Crippen molar-refractivity contribution in [3.05, 3.63) is 71.8 Å². The summed E-state index contributed by atoms with van der Waals surface area (Å²) >= 11 is 1.75. The van der Waals surface area contributed by atoms with Gasteiger partial charge in [0.2, 0.25) is 0 Å². The van der Waals surface area contributed by atoms with Gasteiger partial charge in [-0.3, -0.25) is 9.69 Å². The van der Waals surface area contributed by atoms with E-state index in [0.29, 0.717) is 0 Å². The van der Waals surface area contributed by atoms with Crippen LogP contribution in [0.3, 0.4) is 0 Å². The summed E-state index contributed by atoms with van der Waals surface area (Å²) in [5, 5.41) is 0. The number of methoxy groups -OCH3 is 1. The van der Waals surface area contributed by atoms with E-state index >= 15 is 0 Å². The van der Waals surface area contributed by atoms with Gasteiger partial charge in [0.05, 0.1) is 7.11 Å². The second-order valence-electron chi connectivity index (χ2n) is 5.70. The molecule has 0 N–H and O–H groups in total. The molecule has 4 heteroatoms. The van der Waals surface area contributed by atoms with Crippen LogP contribution in [-0.2, 0) is 22.6 Å². The van der Waals surface area contributed by atoms with Crippen LogP contribution in [0, 0.1) is 0 Å². The Morgan fingerprint density at radius 3 is 1.92 bits per heavy atom. The number of carbonyl (C=O) groups is 1. The number of carbonyl (C=O) groups excluding carboxylic acids is 1. The SMILES string of the molecule is COC(=O)[C@@H](CCSC)N(Cc1ccccc1)Cc1ccccc1. The van der Waals surface area contributed by atoms with Gasteiger partial charge in [0.25, 0.3) is 0 Å². The molecule has 1 atom stereocenters. The van der Waals surface area contributed by atoms with Crippen molar-refractivity contribution in [3.63, 3.8) is 0 Å². The molecular weight excluding hydrogens is 318 g/mol. The Bertz CT molecular complexity index is 562. The van der Waals surface area contributed by atoms with Crippen molar-refractivity contribution in [2.75, 3.05) is 19.1 Å². The number of hydrogen-bond donors (Lipinski definition) is 0. The normalized spacial score (nSPS) is 12.1. The zero-order chi connectivity index (χ0) is 17.2. The molecule has 0 saturated heterocycles. The van der Waals surface area contributed by atoms with E-state index in [-0.39, 0.29) is 12.0 Å². The Morgan fingerprint density at radius 2 is 1.50 bits per heavy atom. The van der Waals surface area contributed by atoms with Gasteiger partial charge in [-0.2, -0.15) is 11.8 Å². The second kappa shape index (κ2) is 10.2. The number of ether oxygens (including phenoxy) is 1. The van der Waals surface area contributed by atoms with Crippen molar-refractivity contribution in [2.24, 2.45) is 0 Å². The summed E-state index contributed by atoms with van der Waals surface area (Å²) in [6.45, 7) is 1.45. The number of thioether (sulfide) groups is 1. The van der Waals surface area contributed by atoms with Crippen LogP contribution in [0.5, 0.6) is 0 Å². The maximum Gasteiger partial charge on any atom is 0.323 e. The van der Waals surface area contributed by atoms with E-state index in [1.807, 2.05) is 36.4 Å². The van der Waals surface area contributed by atoms with E-state index < -0.39 is 0 Å². The van der Waals surface area contributed by atoms with Gasteiger partial charge in [0.1, 0.15) is 6.04 Å². The minimum absolute atomic E-state index is 0.157. The molecule has 0 spiro atoms. The summed E-state index contributed by atoms with van der Waals surface area (Å²) in [6.07, 6.45) is 2.85. The fourth-order valence-corrected chi connectivity index (χ4v) is 3.19. The molecule has 0 heterocycles. The van der Waals surface area contributed by atoms with E-state index in [0.717, 1.165) is 25.3 Å². The molecule has 0 unspecified atom stereocenters. The molecule has 0 radical (unpaired) electrons. The van der Waals surface area contributed by atoms with E-state index in [4.69, 9.17) is 4.74 Å². The van der Waals surface area contributed by atoms with Gasteiger partial charge in [-0.05, 0) is 29.6 Å². The van der Waals surface area contributed by atoms with Crippen molar-refractivity contribution in [3.8, 4) is 0 Å². The monoisotopic (exact) mass is 343 g/mol. The van der Waals surface area contributed by atoms with Gasteiger partial charge in [-0.25, -0.2) is 0 Å². The lowest BCUT2D eigenvalue weighted by Gasteiger charge is -2.30. The first-order valence-corrected chi connectivity index (χ1v) is 9.52. The van der Waals surface area contributed by atoms with Crippen molar-refractivity contribution >= 4 is 17.7 Å². The standard InChI is InChI=1S/C20H25NO2S/c1-23-20(22)19(13-14-24-2)21(15-17-9-5-3-6-10-17)16-18-11-7-4-8-12-18/h3-12,19H,13-16H2,1-2H3/t19-/m1/s1. The molecule has 0 aliphatic heterocycles. The van der Waals surface area contributed by atoms with Gasteiger partial charge in [0.15, 0.2) is 0 Å². The van der Waals surface area contributed by atoms with Gasteiger partial charge in [0, 0.05) is 13.1 Å². The Labute approximate surface area is 149 Å². The quantitative estimate of drug-likeness (QED) is 0.644. The third-order valence-electron chi connectivity index (χ3n) is 3.97. The molecule has 0 aliphatic rings. The van der Waals surface area contributed by atoms with Crippen LogP contribution in [0.2, 0.25) is 0 Å². The number of nitrogens with zero attached hydrogens (tertiary/aromatic N) is 1. The third-order valence-corrected chi connectivity index (χ3v) is 4.61. The summed E-state index contributed by atoms with van der Waals surface area (Å²) < 4.78 is 5.08. The van der Waals surface area contributed by atoms with Gasteiger partial charge in [-0.1, -0.05) is 60.7 Å². The summed E-state index contributed by atoms with van der Waals surface area (Å²) in [5.74, 6) is 0.774. The second-order valence-corrected chi connectivity index (χ2v) is 6.68. The van der Waals surface area contributed by atoms with Crippen LogP contribution in [0.1, 0.15) is 17.5 Å². The van der Waals surface area contributed by atoms with Crippen molar-refractivity contribution in [1.29, 1.82) is 0 Å². The molecule has 0 aliphatic carbocycles. The van der Waals surface area contributed by atoms with E-state index in [9.17, 15) is 4.79 Å². The summed E-state index contributed by atoms with van der Waals surface area (Å²) in [4.78, 5) is 14.6. The smallest absolute Gasteiger partial charge is 0.323 e. The fourth-order valence-electron chi connectivity index (χ4n) is 2.73. The van der Waals surface area contributed by atoms with Crippen molar-refractivity contribution < 1.29 is 9.53 Å². The Balaban J connectivity index is 2.22. The molecule has 2 rings (SSSR count). The largest absolute Gasteiger partial charge is 0.468 e. The molecule has 0 fully saturated rings. The average molecular weight is 343 g/mol. The minimum Gasteiger partial charge on any atom is -0.468 e. The Morgan fingerprint density at radius 1 is 1.00 bits per heavy atom. The fraction of sp³-hybridized carbons (Fsp3) is 0.350. The zero-order valence-electron chi connectivity index (χ0n) is 14.4. The average Bonchev–Trinajstić information content (AvgIpc) is 2.63. The summed E-state index contributed by atoms with van der Waals surface area (Å²) in [5.41, 5.74) is 2.40. The molecule has 0 bridgehead atoms. The van der Waals surface area contributed by atoms with Crippen LogP contribution in [0.4, 0.5) is 0 Å².